The summed E-state index contributed by atoms with van der Waals surface area (Å²) in [6, 6.07) is 11.2. The Bertz CT molecular complexity index is 928. The number of nitrogens with zero attached hydrogens (tertiary/aromatic N) is 2. The molecule has 0 saturated carbocycles. The van der Waals surface area contributed by atoms with Gasteiger partial charge in [0.1, 0.15) is 11.6 Å². The second-order valence-electron chi connectivity index (χ2n) is 5.46. The number of hydrogen-bond donors (Lipinski definition) is 2. The molecule has 0 bridgehead atoms. The highest BCUT2D eigenvalue weighted by atomic mass is 35.5. The standard InChI is InChI=1S/C18H15ClN4O3/c1-11-4-3-5-12(2)17(11)21-10-13(9-20)18(24)22-16-8-14(23(25)26)6-7-15(16)19/h3-8,10,21H,1-2H3,(H,22,24)/b13-10-. The van der Waals surface area contributed by atoms with Gasteiger partial charge in [-0.05, 0) is 31.0 Å². The molecule has 2 rings (SSSR count). The topological polar surface area (TPSA) is 108 Å². The van der Waals surface area contributed by atoms with Crippen molar-refractivity contribution < 1.29 is 9.72 Å². The number of non-ortho nitro benzene ring substituents is 1. The van der Waals surface area contributed by atoms with Crippen LogP contribution in [0.25, 0.3) is 0 Å². The van der Waals surface area contributed by atoms with Crippen molar-refractivity contribution in [2.45, 2.75) is 13.8 Å². The van der Waals surface area contributed by atoms with Gasteiger partial charge in [-0.25, -0.2) is 0 Å². The molecule has 0 saturated heterocycles. The first-order valence-electron chi connectivity index (χ1n) is 7.51. The van der Waals surface area contributed by atoms with Crippen LogP contribution in [0.15, 0.2) is 48.2 Å². The van der Waals surface area contributed by atoms with Crippen molar-refractivity contribution in [3.63, 3.8) is 0 Å². The Labute approximate surface area is 155 Å². The van der Waals surface area contributed by atoms with Crippen LogP contribution in [0.2, 0.25) is 5.02 Å². The molecule has 0 heterocycles. The molecule has 0 spiro atoms. The van der Waals surface area contributed by atoms with E-state index in [0.29, 0.717) is 0 Å². The average Bonchev–Trinajstić information content (AvgIpc) is 2.59. The Morgan fingerprint density at radius 2 is 1.92 bits per heavy atom. The molecule has 0 aliphatic heterocycles. The molecule has 2 aromatic carbocycles. The number of anilines is 2. The maximum Gasteiger partial charge on any atom is 0.271 e. The van der Waals surface area contributed by atoms with Crippen molar-refractivity contribution in [1.82, 2.24) is 0 Å². The number of amides is 1. The molecule has 0 aliphatic rings. The average molecular weight is 371 g/mol. The summed E-state index contributed by atoms with van der Waals surface area (Å²) >= 11 is 5.95. The van der Waals surface area contributed by atoms with E-state index in [9.17, 15) is 20.2 Å². The first-order chi connectivity index (χ1) is 12.3. The van der Waals surface area contributed by atoms with E-state index in [4.69, 9.17) is 11.6 Å². The molecule has 26 heavy (non-hydrogen) atoms. The normalized spacial score (nSPS) is 10.8. The van der Waals surface area contributed by atoms with E-state index in [1.807, 2.05) is 32.0 Å². The van der Waals surface area contributed by atoms with Crippen molar-refractivity contribution in [3.05, 3.63) is 74.4 Å². The molecule has 0 radical (unpaired) electrons. The molecule has 2 aromatic rings. The molecule has 0 atom stereocenters. The molecular formula is C18H15ClN4O3. The first-order valence-corrected chi connectivity index (χ1v) is 7.89. The largest absolute Gasteiger partial charge is 0.360 e. The van der Waals surface area contributed by atoms with Crippen LogP contribution in [0, 0.1) is 35.3 Å². The molecule has 0 unspecified atom stereocenters. The second-order valence-corrected chi connectivity index (χ2v) is 5.86. The summed E-state index contributed by atoms with van der Waals surface area (Å²) in [5, 5.41) is 25.6. The van der Waals surface area contributed by atoms with E-state index < -0.39 is 10.8 Å². The smallest absolute Gasteiger partial charge is 0.271 e. The lowest BCUT2D eigenvalue weighted by molar-refractivity contribution is -0.384. The van der Waals surface area contributed by atoms with Crippen molar-refractivity contribution in [2.24, 2.45) is 0 Å². The van der Waals surface area contributed by atoms with Crippen LogP contribution in [-0.2, 0) is 4.79 Å². The number of nitro groups is 1. The number of carbonyl (C=O) groups is 1. The van der Waals surface area contributed by atoms with Crippen LogP contribution >= 0.6 is 11.6 Å². The van der Waals surface area contributed by atoms with Crippen LogP contribution in [-0.4, -0.2) is 10.8 Å². The zero-order chi connectivity index (χ0) is 19.3. The van der Waals surface area contributed by atoms with Gasteiger partial charge in [0.05, 0.1) is 15.6 Å². The third-order valence-corrected chi connectivity index (χ3v) is 3.95. The highest BCUT2D eigenvalue weighted by Gasteiger charge is 2.15. The van der Waals surface area contributed by atoms with E-state index >= 15 is 0 Å². The molecule has 0 aromatic heterocycles. The lowest BCUT2D eigenvalue weighted by Gasteiger charge is -2.10. The lowest BCUT2D eigenvalue weighted by atomic mass is 10.1. The third-order valence-electron chi connectivity index (χ3n) is 3.62. The zero-order valence-corrected chi connectivity index (χ0v) is 14.8. The van der Waals surface area contributed by atoms with Gasteiger partial charge >= 0.3 is 0 Å². The lowest BCUT2D eigenvalue weighted by Crippen LogP contribution is -2.15. The maximum atomic E-state index is 12.3. The molecule has 0 aliphatic carbocycles. The molecule has 7 nitrogen and oxygen atoms in total. The van der Waals surface area contributed by atoms with Crippen molar-refractivity contribution in [1.29, 1.82) is 5.26 Å². The van der Waals surface area contributed by atoms with Gasteiger partial charge in [0.2, 0.25) is 0 Å². The van der Waals surface area contributed by atoms with Gasteiger partial charge in [-0.1, -0.05) is 29.8 Å². The SMILES string of the molecule is Cc1cccc(C)c1N/C=C(/C#N)C(=O)Nc1cc([N+](=O)[O-])ccc1Cl. The number of hydrogen-bond acceptors (Lipinski definition) is 5. The van der Waals surface area contributed by atoms with Gasteiger partial charge < -0.3 is 10.6 Å². The zero-order valence-electron chi connectivity index (χ0n) is 14.0. The summed E-state index contributed by atoms with van der Waals surface area (Å²) < 4.78 is 0. The molecule has 1 amide bonds. The van der Waals surface area contributed by atoms with Gasteiger partial charge in [-0.2, -0.15) is 5.26 Å². The van der Waals surface area contributed by atoms with Crippen LogP contribution in [0.3, 0.4) is 0 Å². The summed E-state index contributed by atoms with van der Waals surface area (Å²) in [5.41, 5.74) is 2.35. The van der Waals surface area contributed by atoms with E-state index in [2.05, 4.69) is 10.6 Å². The van der Waals surface area contributed by atoms with Gasteiger partial charge in [0.25, 0.3) is 11.6 Å². The Hall–Kier alpha value is -3.37. The Kier molecular flexibility index (Phi) is 5.94. The fourth-order valence-electron chi connectivity index (χ4n) is 2.25. The molecule has 0 fully saturated rings. The quantitative estimate of drug-likeness (QED) is 0.352. The van der Waals surface area contributed by atoms with Crippen molar-refractivity contribution >= 4 is 34.6 Å². The minimum atomic E-state index is -0.728. The number of carbonyl (C=O) groups excluding carboxylic acids is 1. The Morgan fingerprint density at radius 1 is 1.27 bits per heavy atom. The van der Waals surface area contributed by atoms with Crippen LogP contribution < -0.4 is 10.6 Å². The summed E-state index contributed by atoms with van der Waals surface area (Å²) in [6.45, 7) is 3.80. The minimum absolute atomic E-state index is 0.0547. The molecule has 2 N–H and O–H groups in total. The maximum absolute atomic E-state index is 12.3. The van der Waals surface area contributed by atoms with Gasteiger partial charge in [0.15, 0.2) is 0 Å². The number of rotatable bonds is 5. The van der Waals surface area contributed by atoms with Crippen LogP contribution in [0.5, 0.6) is 0 Å². The van der Waals surface area contributed by atoms with Crippen LogP contribution in [0.4, 0.5) is 17.1 Å². The van der Waals surface area contributed by atoms with E-state index in [1.54, 1.807) is 6.07 Å². The Balaban J connectivity index is 2.23. The molecule has 132 valence electrons. The highest BCUT2D eigenvalue weighted by Crippen LogP contribution is 2.27. The van der Waals surface area contributed by atoms with Crippen molar-refractivity contribution in [2.75, 3.05) is 10.6 Å². The number of nitrogens with one attached hydrogen (secondary N) is 2. The monoisotopic (exact) mass is 370 g/mol. The predicted octanol–water partition coefficient (Wildman–Crippen LogP) is 4.32. The summed E-state index contributed by atoms with van der Waals surface area (Å²) in [4.78, 5) is 22.5. The molecular weight excluding hydrogens is 356 g/mol. The summed E-state index contributed by atoms with van der Waals surface area (Å²) in [5.74, 6) is -0.728. The van der Waals surface area contributed by atoms with Crippen LogP contribution in [0.1, 0.15) is 11.1 Å². The third kappa shape index (κ3) is 4.37. The summed E-state index contributed by atoms with van der Waals surface area (Å²) in [7, 11) is 0. The van der Waals surface area contributed by atoms with Gasteiger partial charge in [-0.15, -0.1) is 0 Å². The number of para-hydroxylation sites is 1. The number of aryl methyl sites for hydroxylation is 2. The Morgan fingerprint density at radius 3 is 2.50 bits per heavy atom. The highest BCUT2D eigenvalue weighted by molar-refractivity contribution is 6.34. The summed E-state index contributed by atoms with van der Waals surface area (Å²) in [6.07, 6.45) is 1.29. The first kappa shape index (κ1) is 19.0. The fraction of sp³-hybridized carbons (Fsp3) is 0.111. The number of nitro benzene ring substituents is 1. The van der Waals surface area contributed by atoms with E-state index in [-0.39, 0.29) is 22.0 Å². The molecule has 8 heteroatoms. The van der Waals surface area contributed by atoms with Gasteiger partial charge in [-0.3, -0.25) is 14.9 Å². The van der Waals surface area contributed by atoms with E-state index in [0.717, 1.165) is 22.9 Å². The minimum Gasteiger partial charge on any atom is -0.360 e. The fourth-order valence-corrected chi connectivity index (χ4v) is 2.41. The predicted molar refractivity (Wildman–Crippen MR) is 100.0 cm³/mol. The number of nitriles is 1. The van der Waals surface area contributed by atoms with Gasteiger partial charge in [0, 0.05) is 24.0 Å². The second kappa shape index (κ2) is 8.14. The van der Waals surface area contributed by atoms with E-state index in [1.165, 1.54) is 18.3 Å². The number of halogens is 1. The van der Waals surface area contributed by atoms with Crippen molar-refractivity contribution in [3.8, 4) is 6.07 Å². The number of benzene rings is 2.